The largest absolute Gasteiger partial charge is 0.436 e. The first kappa shape index (κ1) is 24.5. The lowest BCUT2D eigenvalue weighted by atomic mass is 10.0. The molecule has 1 saturated carbocycles. The number of hydrogen-bond donors (Lipinski definition) is 1. The molecule has 1 atom stereocenters. The number of ether oxygens (including phenoxy) is 1. The molecule has 196 valence electrons. The van der Waals surface area contributed by atoms with Crippen LogP contribution in [0.5, 0.6) is 11.6 Å². The number of nitrogen functional groups attached to an aromatic ring is 1. The van der Waals surface area contributed by atoms with Crippen molar-refractivity contribution in [3.05, 3.63) is 66.4 Å². The average molecular weight is 525 g/mol. The van der Waals surface area contributed by atoms with Crippen molar-refractivity contribution in [3.63, 3.8) is 0 Å². The number of nitrogens with two attached hydrogens (primary N) is 1. The zero-order valence-corrected chi connectivity index (χ0v) is 21.0. The van der Waals surface area contributed by atoms with Crippen LogP contribution >= 0.6 is 0 Å². The number of aromatic nitrogens is 5. The number of rotatable bonds is 6. The van der Waals surface area contributed by atoms with Gasteiger partial charge in [0.25, 0.3) is 11.8 Å². The van der Waals surface area contributed by atoms with E-state index in [2.05, 4.69) is 21.0 Å². The van der Waals surface area contributed by atoms with Crippen molar-refractivity contribution in [2.75, 3.05) is 18.8 Å². The van der Waals surface area contributed by atoms with Gasteiger partial charge < -0.3 is 15.4 Å². The van der Waals surface area contributed by atoms with Gasteiger partial charge in [0, 0.05) is 24.8 Å². The molecule has 1 aliphatic carbocycles. The number of para-hydroxylation sites is 1. The van der Waals surface area contributed by atoms with E-state index in [0.717, 1.165) is 25.7 Å². The van der Waals surface area contributed by atoms with Crippen LogP contribution in [0, 0.1) is 23.1 Å². The number of carbonyl (C=O) groups excluding carboxylic acids is 1. The first-order valence-corrected chi connectivity index (χ1v) is 12.8. The predicted octanol–water partition coefficient (Wildman–Crippen LogP) is 4.43. The van der Waals surface area contributed by atoms with Crippen molar-refractivity contribution in [2.45, 2.75) is 31.7 Å². The van der Waals surface area contributed by atoms with E-state index in [1.165, 1.54) is 18.6 Å². The number of carbonyl (C=O) groups is 1. The molecule has 39 heavy (non-hydrogen) atoms. The van der Waals surface area contributed by atoms with E-state index >= 15 is 4.39 Å². The topological polar surface area (TPSA) is 136 Å². The monoisotopic (exact) mass is 524 g/mol. The van der Waals surface area contributed by atoms with E-state index in [9.17, 15) is 10.1 Å². The van der Waals surface area contributed by atoms with E-state index in [-0.39, 0.29) is 29.2 Å². The third-order valence-corrected chi connectivity index (χ3v) is 6.96. The van der Waals surface area contributed by atoms with Crippen LogP contribution in [0.4, 0.5) is 10.2 Å². The summed E-state index contributed by atoms with van der Waals surface area (Å²) >= 11 is 0. The van der Waals surface area contributed by atoms with Crippen molar-refractivity contribution in [1.82, 2.24) is 29.6 Å². The second kappa shape index (κ2) is 10.1. The van der Waals surface area contributed by atoms with Gasteiger partial charge in [0.2, 0.25) is 0 Å². The minimum absolute atomic E-state index is 0.160. The van der Waals surface area contributed by atoms with Gasteiger partial charge in [-0.05, 0) is 49.8 Å². The van der Waals surface area contributed by atoms with Crippen LogP contribution < -0.4 is 10.5 Å². The number of nitrogens with zero attached hydrogens (tertiary/aromatic N) is 7. The highest BCUT2D eigenvalue weighted by Gasteiger charge is 2.31. The molecule has 2 N–H and O–H groups in total. The fourth-order valence-corrected chi connectivity index (χ4v) is 4.85. The molecule has 1 amide bonds. The molecule has 1 unspecified atom stereocenters. The van der Waals surface area contributed by atoms with Crippen LogP contribution in [0.1, 0.15) is 31.7 Å². The quantitative estimate of drug-likeness (QED) is 0.289. The summed E-state index contributed by atoms with van der Waals surface area (Å²) in [6, 6.07) is 12.0. The number of anilines is 1. The molecule has 0 spiro atoms. The zero-order chi connectivity index (χ0) is 26.9. The molecule has 4 heterocycles. The molecule has 1 saturated heterocycles. The standard InChI is InChI=1S/C28H25FN8O2/c29-22-12-19(14-32-27(22)39-21-6-2-1-3-7-21)24-23-25(31)33-16-34-26(23)37(35-24)20-5-4-10-36(15-20)28(38)18(13-30)11-17-8-9-17/h1-3,6-7,11-12,14,16-17,20H,4-5,8-10,15H2,(H2,31,33,34). The Hall–Kier alpha value is -4.85. The molecular weight excluding hydrogens is 499 g/mol. The molecule has 3 aromatic heterocycles. The summed E-state index contributed by atoms with van der Waals surface area (Å²) < 4.78 is 22.4. The van der Waals surface area contributed by atoms with Crippen molar-refractivity contribution in [3.8, 4) is 29.0 Å². The lowest BCUT2D eigenvalue weighted by Gasteiger charge is -2.32. The molecule has 0 bridgehead atoms. The summed E-state index contributed by atoms with van der Waals surface area (Å²) in [7, 11) is 0. The van der Waals surface area contributed by atoms with Crippen LogP contribution in [0.2, 0.25) is 0 Å². The second-order valence-corrected chi connectivity index (χ2v) is 9.75. The molecule has 11 heteroatoms. The van der Waals surface area contributed by atoms with Gasteiger partial charge in [-0.3, -0.25) is 4.79 Å². The number of amides is 1. The minimum atomic E-state index is -0.657. The Morgan fingerprint density at radius 1 is 1.18 bits per heavy atom. The lowest BCUT2D eigenvalue weighted by molar-refractivity contribution is -0.128. The van der Waals surface area contributed by atoms with Crippen LogP contribution in [-0.4, -0.2) is 48.6 Å². The van der Waals surface area contributed by atoms with Gasteiger partial charge in [0.15, 0.2) is 11.5 Å². The normalized spacial score (nSPS) is 17.7. The summed E-state index contributed by atoms with van der Waals surface area (Å²) in [5.41, 5.74) is 7.69. The third kappa shape index (κ3) is 4.88. The molecule has 2 fully saturated rings. The fourth-order valence-electron chi connectivity index (χ4n) is 4.85. The maximum Gasteiger partial charge on any atom is 0.264 e. The highest BCUT2D eigenvalue weighted by molar-refractivity contribution is 5.98. The molecule has 1 aromatic carbocycles. The number of likely N-dealkylation sites (tertiary alicyclic amines) is 1. The number of benzene rings is 1. The molecule has 6 rings (SSSR count). The minimum Gasteiger partial charge on any atom is -0.436 e. The maximum atomic E-state index is 15.1. The van der Waals surface area contributed by atoms with E-state index in [0.29, 0.717) is 47.0 Å². The molecule has 1 aliphatic heterocycles. The Labute approximate surface area is 223 Å². The first-order chi connectivity index (χ1) is 19.0. The summed E-state index contributed by atoms with van der Waals surface area (Å²) in [6.45, 7) is 0.916. The summed E-state index contributed by atoms with van der Waals surface area (Å²) in [4.78, 5) is 27.5. The Bertz CT molecular complexity index is 1620. The second-order valence-electron chi connectivity index (χ2n) is 9.75. The SMILES string of the molecule is N#CC(=CC1CC1)C(=O)N1CCCC(n2nc(-c3cnc(Oc4ccccc4)c(F)c3)c3c(N)ncnc32)C1. The smallest absolute Gasteiger partial charge is 0.264 e. The summed E-state index contributed by atoms with van der Waals surface area (Å²) in [5, 5.41) is 14.8. The van der Waals surface area contributed by atoms with E-state index in [1.54, 1.807) is 39.9 Å². The van der Waals surface area contributed by atoms with Gasteiger partial charge in [0.05, 0.1) is 11.4 Å². The van der Waals surface area contributed by atoms with Crippen molar-refractivity contribution < 1.29 is 13.9 Å². The lowest BCUT2D eigenvalue weighted by Crippen LogP contribution is -2.41. The highest BCUT2D eigenvalue weighted by atomic mass is 19.1. The van der Waals surface area contributed by atoms with Crippen LogP contribution in [0.15, 0.2) is 60.6 Å². The Morgan fingerprint density at radius 2 is 2.00 bits per heavy atom. The average Bonchev–Trinajstić information content (AvgIpc) is 3.70. The number of piperidine rings is 1. The third-order valence-electron chi connectivity index (χ3n) is 6.96. The van der Waals surface area contributed by atoms with Crippen molar-refractivity contribution >= 4 is 22.8 Å². The maximum absolute atomic E-state index is 15.1. The Kier molecular flexibility index (Phi) is 6.36. The zero-order valence-electron chi connectivity index (χ0n) is 21.0. The molecule has 4 aromatic rings. The number of hydrogen-bond acceptors (Lipinski definition) is 8. The number of fused-ring (bicyclic) bond motifs is 1. The predicted molar refractivity (Wildman–Crippen MR) is 141 cm³/mol. The van der Waals surface area contributed by atoms with Crippen LogP contribution in [-0.2, 0) is 4.79 Å². The van der Waals surface area contributed by atoms with Crippen LogP contribution in [0.3, 0.4) is 0 Å². The van der Waals surface area contributed by atoms with Gasteiger partial charge in [-0.2, -0.15) is 10.4 Å². The van der Waals surface area contributed by atoms with Gasteiger partial charge >= 0.3 is 0 Å². The summed E-state index contributed by atoms with van der Waals surface area (Å²) in [5.74, 6) is -0.0939. The summed E-state index contributed by atoms with van der Waals surface area (Å²) in [6.07, 6.45) is 8.11. The number of halogens is 1. The van der Waals surface area contributed by atoms with Gasteiger partial charge in [0.1, 0.15) is 35.2 Å². The molecular formula is C28H25FN8O2. The highest BCUT2D eigenvalue weighted by Crippen LogP contribution is 2.36. The molecule has 0 radical (unpaired) electrons. The first-order valence-electron chi connectivity index (χ1n) is 12.8. The number of nitriles is 1. The molecule has 2 aliphatic rings. The van der Waals surface area contributed by atoms with E-state index in [1.807, 2.05) is 6.07 Å². The van der Waals surface area contributed by atoms with Gasteiger partial charge in [-0.25, -0.2) is 24.0 Å². The Morgan fingerprint density at radius 3 is 2.74 bits per heavy atom. The van der Waals surface area contributed by atoms with Crippen molar-refractivity contribution in [2.24, 2.45) is 5.92 Å². The Balaban J connectivity index is 1.33. The molecule has 10 nitrogen and oxygen atoms in total. The number of allylic oxidation sites excluding steroid dienone is 1. The van der Waals surface area contributed by atoms with Crippen molar-refractivity contribution in [1.29, 1.82) is 5.26 Å². The number of pyridine rings is 1. The van der Waals surface area contributed by atoms with E-state index in [4.69, 9.17) is 15.6 Å². The van der Waals surface area contributed by atoms with Gasteiger partial charge in [-0.1, -0.05) is 24.3 Å². The fraction of sp³-hybridized carbons (Fsp3) is 0.286. The van der Waals surface area contributed by atoms with Crippen LogP contribution in [0.25, 0.3) is 22.3 Å². The van der Waals surface area contributed by atoms with Gasteiger partial charge in [-0.15, -0.1) is 0 Å². The van der Waals surface area contributed by atoms with E-state index < -0.39 is 5.82 Å².